The van der Waals surface area contributed by atoms with E-state index in [1.807, 2.05) is 12.2 Å². The number of nitrogens with one attached hydrogen (secondary N) is 1. The first-order chi connectivity index (χ1) is 9.09. The lowest BCUT2D eigenvalue weighted by molar-refractivity contribution is -0.385. The molecule has 0 saturated carbocycles. The predicted octanol–water partition coefficient (Wildman–Crippen LogP) is 2.38. The maximum Gasteiger partial charge on any atom is 0.337 e. The van der Waals surface area contributed by atoms with Crippen LogP contribution in [0.2, 0.25) is 0 Å². The fourth-order valence-corrected chi connectivity index (χ4v) is 2.95. The van der Waals surface area contributed by atoms with Crippen LogP contribution in [0.15, 0.2) is 24.3 Å². The van der Waals surface area contributed by atoms with Crippen LogP contribution >= 0.6 is 0 Å². The largest absolute Gasteiger partial charge is 0.478 e. The number of aromatic carboxylic acids is 1. The van der Waals surface area contributed by atoms with Crippen LogP contribution in [-0.4, -0.2) is 22.5 Å². The van der Waals surface area contributed by atoms with E-state index in [1.54, 1.807) is 0 Å². The average Bonchev–Trinajstić information content (AvgIpc) is 2.85. The van der Waals surface area contributed by atoms with Crippen LogP contribution < -0.4 is 5.32 Å². The van der Waals surface area contributed by atoms with Gasteiger partial charge in [-0.1, -0.05) is 12.2 Å². The van der Waals surface area contributed by atoms with Crippen LogP contribution in [0.3, 0.4) is 0 Å². The van der Waals surface area contributed by atoms with Gasteiger partial charge in [-0.05, 0) is 18.4 Å². The molecule has 0 radical (unpaired) electrons. The van der Waals surface area contributed by atoms with E-state index in [1.165, 1.54) is 12.1 Å². The van der Waals surface area contributed by atoms with Crippen LogP contribution in [0.25, 0.3) is 0 Å². The molecule has 6 heteroatoms. The Labute approximate surface area is 108 Å². The van der Waals surface area contributed by atoms with Crippen molar-refractivity contribution in [3.05, 3.63) is 45.5 Å². The highest BCUT2D eigenvalue weighted by Gasteiger charge is 2.37. The maximum atomic E-state index is 11.2. The lowest BCUT2D eigenvalue weighted by Gasteiger charge is -2.29. The molecule has 1 aromatic carbocycles. The third-order valence-corrected chi connectivity index (χ3v) is 3.81. The number of anilines is 1. The Bertz CT molecular complexity index is 609. The Morgan fingerprint density at radius 2 is 2.26 bits per heavy atom. The Kier molecular flexibility index (Phi) is 2.51. The van der Waals surface area contributed by atoms with Crippen molar-refractivity contribution in [2.45, 2.75) is 12.3 Å². The SMILES string of the molecule is O=C(O)c1ccc([N+](=O)[O-])c2c1NCC1CC=CC21. The number of hydrogen-bond acceptors (Lipinski definition) is 4. The van der Waals surface area contributed by atoms with Gasteiger partial charge in [0, 0.05) is 18.5 Å². The molecule has 98 valence electrons. The van der Waals surface area contributed by atoms with Crippen molar-refractivity contribution in [3.8, 4) is 0 Å². The van der Waals surface area contributed by atoms with Gasteiger partial charge in [0.1, 0.15) is 0 Å². The number of fused-ring (bicyclic) bond motifs is 3. The minimum absolute atomic E-state index is 0.00579. The molecule has 0 amide bonds. The number of carboxylic acids is 1. The second-order valence-electron chi connectivity index (χ2n) is 4.81. The average molecular weight is 260 g/mol. The number of hydrogen-bond donors (Lipinski definition) is 2. The van der Waals surface area contributed by atoms with Gasteiger partial charge in [0.15, 0.2) is 0 Å². The number of carbonyl (C=O) groups is 1. The second kappa shape index (κ2) is 4.08. The highest BCUT2D eigenvalue weighted by atomic mass is 16.6. The molecule has 2 aliphatic rings. The highest BCUT2D eigenvalue weighted by Crippen LogP contribution is 2.46. The summed E-state index contributed by atoms with van der Waals surface area (Å²) in [4.78, 5) is 21.9. The molecule has 0 bridgehead atoms. The van der Waals surface area contributed by atoms with E-state index in [-0.39, 0.29) is 23.1 Å². The van der Waals surface area contributed by atoms with Gasteiger partial charge in [0.25, 0.3) is 5.69 Å². The lowest BCUT2D eigenvalue weighted by atomic mass is 9.82. The summed E-state index contributed by atoms with van der Waals surface area (Å²) in [6, 6.07) is 2.59. The van der Waals surface area contributed by atoms with Crippen molar-refractivity contribution in [1.82, 2.24) is 0 Å². The van der Waals surface area contributed by atoms with E-state index in [0.717, 1.165) is 6.42 Å². The standard InChI is InChI=1S/C13H12N2O4/c16-13(17)9-4-5-10(15(18)19)11-8-3-1-2-7(8)6-14-12(9)11/h1,3-5,7-8,14H,2,6H2,(H,16,17). The number of allylic oxidation sites excluding steroid dienone is 2. The van der Waals surface area contributed by atoms with Crippen LogP contribution in [0.1, 0.15) is 28.3 Å². The molecular weight excluding hydrogens is 248 g/mol. The van der Waals surface area contributed by atoms with Crippen molar-refractivity contribution in [2.24, 2.45) is 5.92 Å². The smallest absolute Gasteiger partial charge is 0.337 e. The minimum atomic E-state index is -1.07. The summed E-state index contributed by atoms with van der Waals surface area (Å²) in [5.74, 6) is -0.856. The number of nitro benzene ring substituents is 1. The summed E-state index contributed by atoms with van der Waals surface area (Å²) in [6.45, 7) is 0.645. The number of carboxylic acid groups (broad SMARTS) is 1. The van der Waals surface area contributed by atoms with Crippen molar-refractivity contribution >= 4 is 17.3 Å². The summed E-state index contributed by atoms with van der Waals surface area (Å²) in [5.41, 5.74) is 0.998. The third kappa shape index (κ3) is 1.68. The zero-order chi connectivity index (χ0) is 13.6. The van der Waals surface area contributed by atoms with E-state index >= 15 is 0 Å². The lowest BCUT2D eigenvalue weighted by Crippen LogP contribution is -2.26. The number of nitrogens with zero attached hydrogens (tertiary/aromatic N) is 1. The zero-order valence-electron chi connectivity index (χ0n) is 10.00. The molecule has 3 rings (SSSR count). The summed E-state index contributed by atoms with van der Waals surface area (Å²) in [5, 5.41) is 23.4. The molecule has 1 aliphatic heterocycles. The van der Waals surface area contributed by atoms with Crippen LogP contribution in [0.5, 0.6) is 0 Å². The normalized spacial score (nSPS) is 23.4. The van der Waals surface area contributed by atoms with E-state index < -0.39 is 10.9 Å². The van der Waals surface area contributed by atoms with Gasteiger partial charge in [-0.15, -0.1) is 0 Å². The fraction of sp³-hybridized carbons (Fsp3) is 0.308. The van der Waals surface area contributed by atoms with Crippen molar-refractivity contribution in [2.75, 3.05) is 11.9 Å². The molecule has 0 fully saturated rings. The molecule has 19 heavy (non-hydrogen) atoms. The van der Waals surface area contributed by atoms with Gasteiger partial charge in [0.05, 0.1) is 21.7 Å². The van der Waals surface area contributed by atoms with Gasteiger partial charge >= 0.3 is 5.97 Å². The monoisotopic (exact) mass is 260 g/mol. The fourth-order valence-electron chi connectivity index (χ4n) is 2.95. The molecule has 0 saturated heterocycles. The first-order valence-corrected chi connectivity index (χ1v) is 6.04. The molecule has 6 nitrogen and oxygen atoms in total. The van der Waals surface area contributed by atoms with E-state index in [2.05, 4.69) is 5.32 Å². The first-order valence-electron chi connectivity index (χ1n) is 6.04. The molecule has 1 aromatic rings. The molecule has 2 unspecified atom stereocenters. The van der Waals surface area contributed by atoms with Crippen LogP contribution in [0.4, 0.5) is 11.4 Å². The highest BCUT2D eigenvalue weighted by molar-refractivity contribution is 5.96. The number of rotatable bonds is 2. The number of nitro groups is 1. The summed E-state index contributed by atoms with van der Waals surface area (Å²) >= 11 is 0. The Morgan fingerprint density at radius 3 is 2.95 bits per heavy atom. The Balaban J connectivity index is 2.25. The molecule has 2 atom stereocenters. The van der Waals surface area contributed by atoms with Gasteiger partial charge in [-0.2, -0.15) is 0 Å². The zero-order valence-corrected chi connectivity index (χ0v) is 10.00. The Hall–Kier alpha value is -2.37. The molecule has 0 spiro atoms. The second-order valence-corrected chi connectivity index (χ2v) is 4.81. The predicted molar refractivity (Wildman–Crippen MR) is 68.5 cm³/mol. The first kappa shape index (κ1) is 11.7. The molecule has 0 aromatic heterocycles. The van der Waals surface area contributed by atoms with E-state index in [4.69, 9.17) is 0 Å². The van der Waals surface area contributed by atoms with Crippen molar-refractivity contribution in [3.63, 3.8) is 0 Å². The molecular formula is C13H12N2O4. The van der Waals surface area contributed by atoms with E-state index in [9.17, 15) is 20.0 Å². The molecule has 1 heterocycles. The summed E-state index contributed by atoms with van der Waals surface area (Å²) in [6.07, 6.45) is 4.82. The van der Waals surface area contributed by atoms with Crippen molar-refractivity contribution < 1.29 is 14.8 Å². The van der Waals surface area contributed by atoms with Crippen molar-refractivity contribution in [1.29, 1.82) is 0 Å². The van der Waals surface area contributed by atoms with Gasteiger partial charge < -0.3 is 10.4 Å². The molecule has 1 aliphatic carbocycles. The summed E-state index contributed by atoms with van der Waals surface area (Å²) in [7, 11) is 0. The quantitative estimate of drug-likeness (QED) is 0.484. The summed E-state index contributed by atoms with van der Waals surface area (Å²) < 4.78 is 0. The maximum absolute atomic E-state index is 11.2. The molecule has 2 N–H and O–H groups in total. The van der Waals surface area contributed by atoms with E-state index in [0.29, 0.717) is 17.8 Å². The van der Waals surface area contributed by atoms with Crippen LogP contribution in [0, 0.1) is 16.0 Å². The number of benzene rings is 1. The van der Waals surface area contributed by atoms with Crippen LogP contribution in [-0.2, 0) is 0 Å². The minimum Gasteiger partial charge on any atom is -0.478 e. The third-order valence-electron chi connectivity index (χ3n) is 3.81. The van der Waals surface area contributed by atoms with Gasteiger partial charge in [-0.3, -0.25) is 10.1 Å². The Morgan fingerprint density at radius 1 is 1.47 bits per heavy atom. The topological polar surface area (TPSA) is 92.5 Å². The van der Waals surface area contributed by atoms with Gasteiger partial charge in [0.2, 0.25) is 0 Å². The van der Waals surface area contributed by atoms with Gasteiger partial charge in [-0.25, -0.2) is 4.79 Å².